The minimum Gasteiger partial charge on any atom is -0.465 e. The SMILES string of the molecule is COC(=O)c1ccc2nc(CO)sc2c1. The van der Waals surface area contributed by atoms with Gasteiger partial charge in [-0.05, 0) is 18.2 Å². The number of carbonyl (C=O) groups is 1. The normalized spacial score (nSPS) is 10.5. The number of methoxy groups -OCH3 is 1. The number of nitrogens with zero attached hydrogens (tertiary/aromatic N) is 1. The third-order valence-electron chi connectivity index (χ3n) is 1.99. The van der Waals surface area contributed by atoms with E-state index in [1.165, 1.54) is 18.4 Å². The van der Waals surface area contributed by atoms with Crippen LogP contribution in [0.25, 0.3) is 10.2 Å². The molecule has 78 valence electrons. The Morgan fingerprint density at radius 3 is 3.07 bits per heavy atom. The second-order valence-corrected chi connectivity index (χ2v) is 4.06. The molecule has 1 heterocycles. The molecule has 0 atom stereocenters. The van der Waals surface area contributed by atoms with Gasteiger partial charge in [0.2, 0.25) is 0 Å². The number of aromatic nitrogens is 1. The number of thiazole rings is 1. The second kappa shape index (κ2) is 3.96. The van der Waals surface area contributed by atoms with Crippen LogP contribution in [0.5, 0.6) is 0 Å². The predicted molar refractivity (Wildman–Crippen MR) is 56.9 cm³/mol. The van der Waals surface area contributed by atoms with Gasteiger partial charge in [0.05, 0.1) is 29.5 Å². The van der Waals surface area contributed by atoms with Crippen LogP contribution in [0.4, 0.5) is 0 Å². The van der Waals surface area contributed by atoms with E-state index in [9.17, 15) is 4.79 Å². The highest BCUT2D eigenvalue weighted by Gasteiger charge is 2.08. The Hall–Kier alpha value is -1.46. The third-order valence-corrected chi connectivity index (χ3v) is 2.99. The topological polar surface area (TPSA) is 59.4 Å². The number of rotatable bonds is 2. The molecule has 0 unspecified atom stereocenters. The van der Waals surface area contributed by atoms with Crippen LogP contribution in [0.2, 0.25) is 0 Å². The Morgan fingerprint density at radius 2 is 2.40 bits per heavy atom. The van der Waals surface area contributed by atoms with Gasteiger partial charge in [0.25, 0.3) is 0 Å². The molecule has 2 aromatic rings. The quantitative estimate of drug-likeness (QED) is 0.785. The van der Waals surface area contributed by atoms with Crippen molar-refractivity contribution in [2.24, 2.45) is 0 Å². The van der Waals surface area contributed by atoms with Gasteiger partial charge in [0, 0.05) is 0 Å². The molecule has 15 heavy (non-hydrogen) atoms. The maximum atomic E-state index is 11.2. The van der Waals surface area contributed by atoms with Crippen molar-refractivity contribution >= 4 is 27.5 Å². The smallest absolute Gasteiger partial charge is 0.337 e. The molecule has 0 aliphatic rings. The van der Waals surface area contributed by atoms with Crippen LogP contribution >= 0.6 is 11.3 Å². The van der Waals surface area contributed by atoms with Crippen molar-refractivity contribution in [3.8, 4) is 0 Å². The van der Waals surface area contributed by atoms with E-state index < -0.39 is 0 Å². The van der Waals surface area contributed by atoms with E-state index in [1.54, 1.807) is 18.2 Å². The molecule has 0 radical (unpaired) electrons. The molecule has 0 bridgehead atoms. The van der Waals surface area contributed by atoms with E-state index in [-0.39, 0.29) is 12.6 Å². The highest BCUT2D eigenvalue weighted by Crippen LogP contribution is 2.23. The lowest BCUT2D eigenvalue weighted by Gasteiger charge is -1.97. The van der Waals surface area contributed by atoms with Crippen LogP contribution in [-0.2, 0) is 11.3 Å². The van der Waals surface area contributed by atoms with E-state index in [0.29, 0.717) is 10.6 Å². The van der Waals surface area contributed by atoms with Crippen LogP contribution in [0.15, 0.2) is 18.2 Å². The Bertz CT molecular complexity index is 506. The summed E-state index contributed by atoms with van der Waals surface area (Å²) < 4.78 is 5.49. The lowest BCUT2D eigenvalue weighted by molar-refractivity contribution is 0.0601. The molecule has 0 spiro atoms. The summed E-state index contributed by atoms with van der Waals surface area (Å²) in [7, 11) is 1.35. The summed E-state index contributed by atoms with van der Waals surface area (Å²) >= 11 is 1.37. The zero-order valence-corrected chi connectivity index (χ0v) is 8.87. The van der Waals surface area contributed by atoms with Gasteiger partial charge >= 0.3 is 5.97 Å². The molecule has 0 amide bonds. The first-order chi connectivity index (χ1) is 7.24. The van der Waals surface area contributed by atoms with Gasteiger partial charge in [-0.25, -0.2) is 9.78 Å². The monoisotopic (exact) mass is 223 g/mol. The molecular weight excluding hydrogens is 214 g/mol. The fraction of sp³-hybridized carbons (Fsp3) is 0.200. The first kappa shape index (κ1) is 10.1. The van der Waals surface area contributed by atoms with E-state index in [4.69, 9.17) is 5.11 Å². The fourth-order valence-corrected chi connectivity index (χ4v) is 2.15. The highest BCUT2D eigenvalue weighted by atomic mass is 32.1. The summed E-state index contributed by atoms with van der Waals surface area (Å²) in [6.45, 7) is -0.0765. The summed E-state index contributed by atoms with van der Waals surface area (Å²) in [4.78, 5) is 15.4. The minimum atomic E-state index is -0.365. The Labute approximate surface area is 90.1 Å². The van der Waals surface area contributed by atoms with Gasteiger partial charge in [-0.2, -0.15) is 0 Å². The molecule has 0 saturated heterocycles. The number of aliphatic hydroxyl groups excluding tert-OH is 1. The Kier molecular flexibility index (Phi) is 2.66. The van der Waals surface area contributed by atoms with Crippen LogP contribution in [0.1, 0.15) is 15.4 Å². The van der Waals surface area contributed by atoms with Crippen LogP contribution in [0.3, 0.4) is 0 Å². The number of hydrogen-bond donors (Lipinski definition) is 1. The van der Waals surface area contributed by atoms with Gasteiger partial charge in [-0.15, -0.1) is 11.3 Å². The number of benzene rings is 1. The second-order valence-electron chi connectivity index (χ2n) is 2.94. The highest BCUT2D eigenvalue weighted by molar-refractivity contribution is 7.18. The average Bonchev–Trinajstić information content (AvgIpc) is 2.69. The van der Waals surface area contributed by atoms with Crippen molar-refractivity contribution in [1.82, 2.24) is 4.98 Å². The van der Waals surface area contributed by atoms with Gasteiger partial charge in [0.1, 0.15) is 5.01 Å². The molecule has 1 N–H and O–H groups in total. The first-order valence-electron chi connectivity index (χ1n) is 4.33. The first-order valence-corrected chi connectivity index (χ1v) is 5.15. The Balaban J connectivity index is 2.50. The molecule has 0 aliphatic carbocycles. The standard InChI is InChI=1S/C10H9NO3S/c1-14-10(13)6-2-3-7-8(4-6)15-9(5-12)11-7/h2-4,12H,5H2,1H3. The number of aliphatic hydroxyl groups is 1. The molecule has 1 aromatic carbocycles. The van der Waals surface area contributed by atoms with Crippen molar-refractivity contribution in [2.45, 2.75) is 6.61 Å². The summed E-state index contributed by atoms with van der Waals surface area (Å²) in [5.74, 6) is -0.365. The minimum absolute atomic E-state index is 0.0765. The van der Waals surface area contributed by atoms with Crippen molar-refractivity contribution in [3.63, 3.8) is 0 Å². The van der Waals surface area contributed by atoms with Crippen molar-refractivity contribution < 1.29 is 14.6 Å². The van der Waals surface area contributed by atoms with Gasteiger partial charge in [0.15, 0.2) is 0 Å². The van der Waals surface area contributed by atoms with Gasteiger partial charge < -0.3 is 9.84 Å². The van der Waals surface area contributed by atoms with E-state index in [1.807, 2.05) is 0 Å². The van der Waals surface area contributed by atoms with E-state index >= 15 is 0 Å². The van der Waals surface area contributed by atoms with Gasteiger partial charge in [-0.3, -0.25) is 0 Å². The summed E-state index contributed by atoms with van der Waals surface area (Å²) in [6, 6.07) is 5.13. The lowest BCUT2D eigenvalue weighted by atomic mass is 10.2. The van der Waals surface area contributed by atoms with Crippen molar-refractivity contribution in [1.29, 1.82) is 0 Å². The number of carbonyl (C=O) groups excluding carboxylic acids is 1. The summed E-state index contributed by atoms with van der Waals surface area (Å²) in [5.41, 5.74) is 1.29. The molecule has 0 aliphatic heterocycles. The molecule has 1 aromatic heterocycles. The van der Waals surface area contributed by atoms with Crippen LogP contribution in [0, 0.1) is 0 Å². The third kappa shape index (κ3) is 1.84. The molecule has 5 heteroatoms. The molecule has 2 rings (SSSR count). The molecule has 0 saturated carbocycles. The zero-order chi connectivity index (χ0) is 10.8. The fourth-order valence-electron chi connectivity index (χ4n) is 1.28. The Morgan fingerprint density at radius 1 is 1.60 bits per heavy atom. The largest absolute Gasteiger partial charge is 0.465 e. The molecular formula is C10H9NO3S. The van der Waals surface area contributed by atoms with Crippen LogP contribution < -0.4 is 0 Å². The van der Waals surface area contributed by atoms with Gasteiger partial charge in [-0.1, -0.05) is 0 Å². The van der Waals surface area contributed by atoms with Crippen LogP contribution in [-0.4, -0.2) is 23.2 Å². The maximum absolute atomic E-state index is 11.2. The zero-order valence-electron chi connectivity index (χ0n) is 8.06. The maximum Gasteiger partial charge on any atom is 0.337 e. The number of hydrogen-bond acceptors (Lipinski definition) is 5. The average molecular weight is 223 g/mol. The number of esters is 1. The number of ether oxygens (including phenoxy) is 1. The van der Waals surface area contributed by atoms with E-state index in [2.05, 4.69) is 9.72 Å². The summed E-state index contributed by atoms with van der Waals surface area (Å²) in [6.07, 6.45) is 0. The lowest BCUT2D eigenvalue weighted by Crippen LogP contribution is -1.99. The van der Waals surface area contributed by atoms with E-state index in [0.717, 1.165) is 10.2 Å². The molecule has 4 nitrogen and oxygen atoms in total. The van der Waals surface area contributed by atoms with Crippen molar-refractivity contribution in [3.05, 3.63) is 28.8 Å². The summed E-state index contributed by atoms with van der Waals surface area (Å²) in [5, 5.41) is 9.56. The number of fused-ring (bicyclic) bond motifs is 1. The molecule has 0 fully saturated rings. The predicted octanol–water partition coefficient (Wildman–Crippen LogP) is 1.58. The van der Waals surface area contributed by atoms with Crippen molar-refractivity contribution in [2.75, 3.05) is 7.11 Å².